The highest BCUT2D eigenvalue weighted by molar-refractivity contribution is 5.79. The maximum atomic E-state index is 11.2. The van der Waals surface area contributed by atoms with Crippen LogP contribution in [0.1, 0.15) is 12.0 Å². The lowest BCUT2D eigenvalue weighted by Gasteiger charge is -2.17. The van der Waals surface area contributed by atoms with Crippen LogP contribution < -0.4 is 10.6 Å². The number of carbonyl (C=O) groups excluding carboxylic acids is 1. The molecule has 0 radical (unpaired) electrons. The van der Waals surface area contributed by atoms with Crippen LogP contribution in [0.4, 0.5) is 0 Å². The number of aliphatic hydroxyl groups excluding tert-OH is 1. The predicted molar refractivity (Wildman–Crippen MR) is 60.7 cm³/mol. The third kappa shape index (κ3) is 2.59. The number of benzene rings is 1. The maximum absolute atomic E-state index is 11.2. The first kappa shape index (κ1) is 11.1. The van der Waals surface area contributed by atoms with E-state index in [1.807, 2.05) is 30.3 Å². The van der Waals surface area contributed by atoms with E-state index in [1.165, 1.54) is 5.56 Å². The molecule has 1 aliphatic rings. The molecule has 4 heteroatoms. The highest BCUT2D eigenvalue weighted by atomic mass is 16.3. The second kappa shape index (κ2) is 5.09. The molecule has 1 saturated heterocycles. The highest BCUT2D eigenvalue weighted by Crippen LogP contribution is 2.09. The van der Waals surface area contributed by atoms with Gasteiger partial charge in [-0.25, -0.2) is 0 Å². The summed E-state index contributed by atoms with van der Waals surface area (Å²) in [6, 6.07) is 9.88. The van der Waals surface area contributed by atoms with E-state index in [4.69, 9.17) is 5.11 Å². The molecular weight excluding hydrogens is 204 g/mol. The number of amides is 1. The average molecular weight is 220 g/mol. The molecule has 0 aromatic heterocycles. The van der Waals surface area contributed by atoms with Crippen LogP contribution in [0.15, 0.2) is 30.3 Å². The van der Waals surface area contributed by atoms with Crippen LogP contribution in [0.2, 0.25) is 0 Å². The zero-order valence-corrected chi connectivity index (χ0v) is 9.02. The normalized spacial score (nSPS) is 24.4. The molecule has 2 atom stereocenters. The molecule has 3 N–H and O–H groups in total. The number of rotatable bonds is 4. The van der Waals surface area contributed by atoms with Gasteiger partial charge >= 0.3 is 0 Å². The number of carbonyl (C=O) groups is 1. The quantitative estimate of drug-likeness (QED) is 0.670. The molecule has 0 spiro atoms. The van der Waals surface area contributed by atoms with Crippen molar-refractivity contribution in [2.75, 3.05) is 6.61 Å². The number of nitrogens with one attached hydrogen (secondary N) is 2. The summed E-state index contributed by atoms with van der Waals surface area (Å²) in [4.78, 5) is 11.2. The van der Waals surface area contributed by atoms with Crippen molar-refractivity contribution in [3.8, 4) is 0 Å². The summed E-state index contributed by atoms with van der Waals surface area (Å²) < 4.78 is 0. The van der Waals surface area contributed by atoms with Gasteiger partial charge in [0, 0.05) is 19.0 Å². The molecule has 0 unspecified atom stereocenters. The Morgan fingerprint density at radius 1 is 1.38 bits per heavy atom. The monoisotopic (exact) mass is 220 g/mol. The molecule has 16 heavy (non-hydrogen) atoms. The molecule has 86 valence electrons. The lowest BCUT2D eigenvalue weighted by atomic mass is 10.1. The summed E-state index contributed by atoms with van der Waals surface area (Å²) in [6.07, 6.45) is 0.443. The SMILES string of the molecule is O=C1C[C@H](NCc2ccccc2)[C@@H](CO)N1. The van der Waals surface area contributed by atoms with Crippen molar-refractivity contribution in [2.45, 2.75) is 25.0 Å². The largest absolute Gasteiger partial charge is 0.394 e. The van der Waals surface area contributed by atoms with Crippen LogP contribution in [-0.2, 0) is 11.3 Å². The van der Waals surface area contributed by atoms with Crippen LogP contribution in [0, 0.1) is 0 Å². The fourth-order valence-electron chi connectivity index (χ4n) is 1.94. The van der Waals surface area contributed by atoms with Crippen molar-refractivity contribution >= 4 is 5.91 Å². The zero-order chi connectivity index (χ0) is 11.4. The van der Waals surface area contributed by atoms with Crippen molar-refractivity contribution in [1.29, 1.82) is 0 Å². The number of aliphatic hydroxyl groups is 1. The molecule has 2 rings (SSSR count). The van der Waals surface area contributed by atoms with Gasteiger partial charge in [0.15, 0.2) is 0 Å². The van der Waals surface area contributed by atoms with Crippen LogP contribution in [-0.4, -0.2) is 29.7 Å². The molecule has 0 aliphatic carbocycles. The Balaban J connectivity index is 1.88. The van der Waals surface area contributed by atoms with E-state index in [0.717, 1.165) is 6.54 Å². The average Bonchev–Trinajstić information content (AvgIpc) is 2.68. The minimum absolute atomic E-state index is 0.00427. The summed E-state index contributed by atoms with van der Waals surface area (Å²) >= 11 is 0. The molecule has 1 amide bonds. The van der Waals surface area contributed by atoms with Crippen molar-refractivity contribution in [1.82, 2.24) is 10.6 Å². The summed E-state index contributed by atoms with van der Waals surface area (Å²) in [5.41, 5.74) is 1.18. The Hall–Kier alpha value is -1.39. The maximum Gasteiger partial charge on any atom is 0.221 e. The van der Waals surface area contributed by atoms with Gasteiger partial charge in [-0.3, -0.25) is 4.79 Å². The smallest absolute Gasteiger partial charge is 0.221 e. The van der Waals surface area contributed by atoms with Gasteiger partial charge in [-0.1, -0.05) is 30.3 Å². The summed E-state index contributed by atoms with van der Waals surface area (Å²) in [6.45, 7) is 0.704. The predicted octanol–water partition coefficient (Wildman–Crippen LogP) is 0.0256. The molecule has 4 nitrogen and oxygen atoms in total. The van der Waals surface area contributed by atoms with E-state index >= 15 is 0 Å². The molecular formula is C12H16N2O2. The van der Waals surface area contributed by atoms with E-state index < -0.39 is 0 Å². The van der Waals surface area contributed by atoms with Crippen molar-refractivity contribution in [3.05, 3.63) is 35.9 Å². The lowest BCUT2D eigenvalue weighted by molar-refractivity contribution is -0.119. The number of hydrogen-bond donors (Lipinski definition) is 3. The van der Waals surface area contributed by atoms with Crippen LogP contribution >= 0.6 is 0 Å². The van der Waals surface area contributed by atoms with Gasteiger partial charge in [-0.05, 0) is 5.56 Å². The third-order valence-electron chi connectivity index (χ3n) is 2.85. The van der Waals surface area contributed by atoms with Gasteiger partial charge in [-0.2, -0.15) is 0 Å². The van der Waals surface area contributed by atoms with Crippen LogP contribution in [0.5, 0.6) is 0 Å². The fourth-order valence-corrected chi connectivity index (χ4v) is 1.94. The van der Waals surface area contributed by atoms with E-state index in [-0.39, 0.29) is 24.6 Å². The molecule has 1 fully saturated rings. The second-order valence-electron chi connectivity index (χ2n) is 4.03. The first-order valence-corrected chi connectivity index (χ1v) is 5.47. The molecule has 0 saturated carbocycles. The minimum atomic E-state index is -0.156. The second-order valence-corrected chi connectivity index (χ2v) is 4.03. The molecule has 1 heterocycles. The Labute approximate surface area is 94.7 Å². The van der Waals surface area contributed by atoms with Crippen molar-refractivity contribution in [3.63, 3.8) is 0 Å². The van der Waals surface area contributed by atoms with E-state index in [9.17, 15) is 4.79 Å². The van der Waals surface area contributed by atoms with E-state index in [2.05, 4.69) is 10.6 Å². The van der Waals surface area contributed by atoms with Crippen LogP contribution in [0.25, 0.3) is 0 Å². The standard InChI is InChI=1S/C12H16N2O2/c15-8-11-10(6-12(16)14-11)13-7-9-4-2-1-3-5-9/h1-5,10-11,13,15H,6-8H2,(H,14,16)/t10-,11+/m0/s1. The Morgan fingerprint density at radius 2 is 2.12 bits per heavy atom. The Kier molecular flexibility index (Phi) is 3.54. The molecule has 1 aliphatic heterocycles. The van der Waals surface area contributed by atoms with E-state index in [0.29, 0.717) is 6.42 Å². The van der Waals surface area contributed by atoms with E-state index in [1.54, 1.807) is 0 Å². The van der Waals surface area contributed by atoms with Crippen molar-refractivity contribution in [2.24, 2.45) is 0 Å². The summed E-state index contributed by atoms with van der Waals surface area (Å²) in [5.74, 6) is 0.00427. The molecule has 1 aromatic carbocycles. The van der Waals surface area contributed by atoms with Gasteiger partial charge in [0.25, 0.3) is 0 Å². The minimum Gasteiger partial charge on any atom is -0.394 e. The van der Waals surface area contributed by atoms with Gasteiger partial charge < -0.3 is 15.7 Å². The Bertz CT molecular complexity index is 353. The topological polar surface area (TPSA) is 61.4 Å². The first-order chi connectivity index (χ1) is 7.79. The lowest BCUT2D eigenvalue weighted by Crippen LogP contribution is -2.42. The highest BCUT2D eigenvalue weighted by Gasteiger charge is 2.30. The molecule has 0 bridgehead atoms. The molecule has 1 aromatic rings. The fraction of sp³-hybridized carbons (Fsp3) is 0.417. The zero-order valence-electron chi connectivity index (χ0n) is 9.02. The third-order valence-corrected chi connectivity index (χ3v) is 2.85. The van der Waals surface area contributed by atoms with Gasteiger partial charge in [0.05, 0.1) is 12.6 Å². The summed E-state index contributed by atoms with van der Waals surface area (Å²) in [7, 11) is 0. The van der Waals surface area contributed by atoms with Gasteiger partial charge in [0.1, 0.15) is 0 Å². The Morgan fingerprint density at radius 3 is 2.81 bits per heavy atom. The first-order valence-electron chi connectivity index (χ1n) is 5.47. The van der Waals surface area contributed by atoms with Gasteiger partial charge in [-0.15, -0.1) is 0 Å². The number of hydrogen-bond acceptors (Lipinski definition) is 3. The van der Waals surface area contributed by atoms with Crippen LogP contribution in [0.3, 0.4) is 0 Å². The summed E-state index contributed by atoms with van der Waals surface area (Å²) in [5, 5.41) is 15.1. The van der Waals surface area contributed by atoms with Gasteiger partial charge in [0.2, 0.25) is 5.91 Å². The van der Waals surface area contributed by atoms with Crippen molar-refractivity contribution < 1.29 is 9.90 Å².